The first-order valence-corrected chi connectivity index (χ1v) is 11.0. The molecule has 0 saturated heterocycles. The van der Waals surface area contributed by atoms with Gasteiger partial charge >= 0.3 is 5.63 Å². The first-order valence-electron chi connectivity index (χ1n) is 11.0. The van der Waals surface area contributed by atoms with Crippen LogP contribution in [0.3, 0.4) is 0 Å². The van der Waals surface area contributed by atoms with Gasteiger partial charge in [0.05, 0.1) is 0 Å². The predicted molar refractivity (Wildman–Crippen MR) is 126 cm³/mol. The molecule has 158 valence electrons. The van der Waals surface area contributed by atoms with Gasteiger partial charge in [0.2, 0.25) is 0 Å². The Labute approximate surface area is 184 Å². The Morgan fingerprint density at radius 1 is 0.806 bits per heavy atom. The van der Waals surface area contributed by atoms with Gasteiger partial charge in [-0.25, -0.2) is 4.79 Å². The van der Waals surface area contributed by atoms with E-state index >= 15 is 0 Å². The van der Waals surface area contributed by atoms with E-state index in [0.29, 0.717) is 11.5 Å². The average molecular weight is 413 g/mol. The SMILES string of the molecule is Cc1cc2oc(=O)cc(C[NH+](Cc3ccccc3)Cc3ccccc3)c2cc1C(C)C. The van der Waals surface area contributed by atoms with Crippen LogP contribution in [0.15, 0.2) is 88.1 Å². The number of hydrogen-bond acceptors (Lipinski definition) is 2. The monoisotopic (exact) mass is 412 g/mol. The van der Waals surface area contributed by atoms with Gasteiger partial charge in [0.1, 0.15) is 25.2 Å². The highest BCUT2D eigenvalue weighted by molar-refractivity contribution is 5.82. The molecule has 0 amide bonds. The molecule has 0 bridgehead atoms. The Balaban J connectivity index is 1.74. The smallest absolute Gasteiger partial charge is 0.336 e. The molecule has 0 radical (unpaired) electrons. The summed E-state index contributed by atoms with van der Waals surface area (Å²) in [6.07, 6.45) is 0. The number of benzene rings is 3. The van der Waals surface area contributed by atoms with Gasteiger partial charge in [-0.2, -0.15) is 0 Å². The van der Waals surface area contributed by atoms with Crippen LogP contribution in [0.25, 0.3) is 11.0 Å². The molecule has 1 heterocycles. The second-order valence-electron chi connectivity index (χ2n) is 8.70. The molecule has 0 atom stereocenters. The molecule has 0 aliphatic carbocycles. The molecular weight excluding hydrogens is 382 g/mol. The van der Waals surface area contributed by atoms with Crippen molar-refractivity contribution < 1.29 is 9.32 Å². The molecule has 3 heteroatoms. The van der Waals surface area contributed by atoms with Crippen molar-refractivity contribution in [2.45, 2.75) is 46.3 Å². The van der Waals surface area contributed by atoms with Crippen LogP contribution in [0.1, 0.15) is 47.6 Å². The van der Waals surface area contributed by atoms with Crippen molar-refractivity contribution in [2.24, 2.45) is 0 Å². The molecule has 0 aliphatic rings. The molecule has 4 aromatic rings. The van der Waals surface area contributed by atoms with Crippen LogP contribution >= 0.6 is 0 Å². The normalized spacial score (nSPS) is 11.5. The van der Waals surface area contributed by atoms with Crippen LogP contribution in [0.4, 0.5) is 0 Å². The second kappa shape index (κ2) is 9.32. The number of nitrogens with one attached hydrogen (secondary N) is 1. The Bertz CT molecular complexity index is 1170. The highest BCUT2D eigenvalue weighted by Crippen LogP contribution is 2.26. The third-order valence-corrected chi connectivity index (χ3v) is 5.87. The highest BCUT2D eigenvalue weighted by atomic mass is 16.4. The van der Waals surface area contributed by atoms with Crippen LogP contribution in [-0.4, -0.2) is 0 Å². The van der Waals surface area contributed by atoms with Crippen molar-refractivity contribution in [1.82, 2.24) is 0 Å². The number of rotatable bonds is 7. The lowest BCUT2D eigenvalue weighted by atomic mass is 9.94. The summed E-state index contributed by atoms with van der Waals surface area (Å²) in [5, 5.41) is 1.05. The van der Waals surface area contributed by atoms with E-state index in [1.165, 1.54) is 27.2 Å². The van der Waals surface area contributed by atoms with Gasteiger partial charge in [-0.05, 0) is 36.1 Å². The number of hydrogen-bond donors (Lipinski definition) is 1. The zero-order chi connectivity index (χ0) is 21.8. The summed E-state index contributed by atoms with van der Waals surface area (Å²) >= 11 is 0. The Hall–Kier alpha value is -3.17. The fourth-order valence-electron chi connectivity index (χ4n) is 4.39. The van der Waals surface area contributed by atoms with Gasteiger partial charge in [0, 0.05) is 28.1 Å². The van der Waals surface area contributed by atoms with Gasteiger partial charge in [-0.15, -0.1) is 0 Å². The maximum Gasteiger partial charge on any atom is 0.336 e. The molecule has 4 rings (SSSR count). The van der Waals surface area contributed by atoms with Crippen LogP contribution in [0.2, 0.25) is 0 Å². The quantitative estimate of drug-likeness (QED) is 0.433. The third-order valence-electron chi connectivity index (χ3n) is 5.87. The lowest BCUT2D eigenvalue weighted by molar-refractivity contribution is -0.941. The van der Waals surface area contributed by atoms with Crippen LogP contribution < -0.4 is 10.5 Å². The summed E-state index contributed by atoms with van der Waals surface area (Å²) in [6.45, 7) is 9.03. The predicted octanol–water partition coefficient (Wildman–Crippen LogP) is 5.01. The van der Waals surface area contributed by atoms with E-state index in [-0.39, 0.29) is 5.63 Å². The maximum atomic E-state index is 12.4. The van der Waals surface area contributed by atoms with Crippen molar-refractivity contribution in [3.05, 3.63) is 117 Å². The molecule has 0 spiro atoms. The molecule has 0 aliphatic heterocycles. The van der Waals surface area contributed by atoms with Gasteiger partial charge in [-0.3, -0.25) is 0 Å². The average Bonchev–Trinajstić information content (AvgIpc) is 2.74. The van der Waals surface area contributed by atoms with E-state index in [2.05, 4.69) is 75.4 Å². The van der Waals surface area contributed by atoms with Crippen LogP contribution in [0.5, 0.6) is 0 Å². The van der Waals surface area contributed by atoms with E-state index < -0.39 is 0 Å². The topological polar surface area (TPSA) is 34.6 Å². The molecule has 0 fully saturated rings. The second-order valence-corrected chi connectivity index (χ2v) is 8.70. The summed E-state index contributed by atoms with van der Waals surface area (Å²) in [7, 11) is 0. The summed E-state index contributed by atoms with van der Waals surface area (Å²) in [6, 6.07) is 27.0. The fourth-order valence-corrected chi connectivity index (χ4v) is 4.39. The van der Waals surface area contributed by atoms with Crippen molar-refractivity contribution >= 4 is 11.0 Å². The molecule has 1 N–H and O–H groups in total. The highest BCUT2D eigenvalue weighted by Gasteiger charge is 2.17. The third kappa shape index (κ3) is 5.12. The van der Waals surface area contributed by atoms with Gasteiger partial charge < -0.3 is 9.32 Å². The molecule has 0 saturated carbocycles. The standard InChI is InChI=1S/C28H29NO2/c1-20(2)25-16-26-24(15-28(30)31-27(26)14-21(25)3)19-29(17-22-10-6-4-7-11-22)18-23-12-8-5-9-13-23/h4-16,20H,17-19H2,1-3H3/p+1. The maximum absolute atomic E-state index is 12.4. The summed E-state index contributed by atoms with van der Waals surface area (Å²) in [4.78, 5) is 13.7. The number of quaternary nitrogens is 1. The molecule has 3 nitrogen and oxygen atoms in total. The van der Waals surface area contributed by atoms with E-state index in [0.717, 1.165) is 30.6 Å². The first kappa shape index (κ1) is 21.1. The minimum atomic E-state index is -0.280. The van der Waals surface area contributed by atoms with Gasteiger partial charge in [-0.1, -0.05) is 74.5 Å². The Kier molecular flexibility index (Phi) is 6.34. The Morgan fingerprint density at radius 2 is 1.39 bits per heavy atom. The van der Waals surface area contributed by atoms with Crippen molar-refractivity contribution in [3.8, 4) is 0 Å². The van der Waals surface area contributed by atoms with Crippen molar-refractivity contribution in [1.29, 1.82) is 0 Å². The van der Waals surface area contributed by atoms with Crippen LogP contribution in [-0.2, 0) is 19.6 Å². The summed E-state index contributed by atoms with van der Waals surface area (Å²) in [5.74, 6) is 0.418. The van der Waals surface area contributed by atoms with E-state index in [1.807, 2.05) is 18.2 Å². The first-order chi connectivity index (χ1) is 15.0. The largest absolute Gasteiger partial charge is 0.423 e. The zero-order valence-electron chi connectivity index (χ0n) is 18.5. The van der Waals surface area contributed by atoms with E-state index in [1.54, 1.807) is 6.07 Å². The molecule has 3 aromatic carbocycles. The van der Waals surface area contributed by atoms with Gasteiger partial charge in [0.15, 0.2) is 0 Å². The number of fused-ring (bicyclic) bond motifs is 1. The molecular formula is C28H30NO2+. The molecule has 0 unspecified atom stereocenters. The van der Waals surface area contributed by atoms with Crippen LogP contribution in [0, 0.1) is 6.92 Å². The minimum absolute atomic E-state index is 0.280. The Morgan fingerprint density at radius 3 is 1.94 bits per heavy atom. The number of aryl methyl sites for hydroxylation is 1. The van der Waals surface area contributed by atoms with E-state index in [9.17, 15) is 4.79 Å². The lowest BCUT2D eigenvalue weighted by Gasteiger charge is -2.21. The summed E-state index contributed by atoms with van der Waals surface area (Å²) < 4.78 is 5.57. The zero-order valence-corrected chi connectivity index (χ0v) is 18.5. The molecule has 31 heavy (non-hydrogen) atoms. The fraction of sp³-hybridized carbons (Fsp3) is 0.250. The van der Waals surface area contributed by atoms with Gasteiger partial charge in [0.25, 0.3) is 0 Å². The molecule has 1 aromatic heterocycles. The van der Waals surface area contributed by atoms with E-state index in [4.69, 9.17) is 4.42 Å². The summed E-state index contributed by atoms with van der Waals surface area (Å²) in [5.41, 5.74) is 6.51. The van der Waals surface area contributed by atoms with Crippen molar-refractivity contribution in [2.75, 3.05) is 0 Å². The lowest BCUT2D eigenvalue weighted by Crippen LogP contribution is -3.08. The van der Waals surface area contributed by atoms with Crippen molar-refractivity contribution in [3.63, 3.8) is 0 Å². The minimum Gasteiger partial charge on any atom is -0.423 e.